The maximum absolute atomic E-state index is 13.9. The van der Waals surface area contributed by atoms with Gasteiger partial charge in [-0.05, 0) is 30.4 Å². The van der Waals surface area contributed by atoms with Gasteiger partial charge in [-0.2, -0.15) is 22.0 Å². The SMILES string of the molecule is [C-]#[N+][C@@H]1C[C@@]2(CN1C(=O)[C@H](CC(C)(C)C)N(C)C(=O)[C@H](C)NC(=O)C(F)(F)C(F)(F)F)C(=O)Nc1ccccc12. The number of rotatable bonds is 6. The highest BCUT2D eigenvalue weighted by molar-refractivity contribution is 6.07. The molecule has 3 rings (SSSR count). The summed E-state index contributed by atoms with van der Waals surface area (Å²) in [6, 6.07) is 3.76. The molecule has 1 saturated heterocycles. The van der Waals surface area contributed by atoms with Gasteiger partial charge in [-0.15, -0.1) is 0 Å². The van der Waals surface area contributed by atoms with Gasteiger partial charge in [0, 0.05) is 19.3 Å². The summed E-state index contributed by atoms with van der Waals surface area (Å²) < 4.78 is 64.7. The Hall–Kier alpha value is -3.76. The molecule has 2 heterocycles. The molecular weight excluding hydrogens is 541 g/mol. The van der Waals surface area contributed by atoms with Crippen LogP contribution in [0.2, 0.25) is 0 Å². The summed E-state index contributed by atoms with van der Waals surface area (Å²) in [5.74, 6) is -10.6. The summed E-state index contributed by atoms with van der Waals surface area (Å²) in [7, 11) is 1.16. The number of nitrogens with one attached hydrogen (secondary N) is 2. The minimum absolute atomic E-state index is 0.00394. The second-order valence-corrected chi connectivity index (χ2v) is 11.4. The third-order valence-corrected chi connectivity index (χ3v) is 7.15. The van der Waals surface area contributed by atoms with Crippen LogP contribution in [0, 0.1) is 12.0 Å². The number of carbonyl (C=O) groups is 4. The van der Waals surface area contributed by atoms with E-state index in [4.69, 9.17) is 6.57 Å². The minimum atomic E-state index is -6.16. The molecule has 0 aliphatic carbocycles. The van der Waals surface area contributed by atoms with Crippen LogP contribution < -0.4 is 10.6 Å². The summed E-state index contributed by atoms with van der Waals surface area (Å²) in [5, 5.41) is 4.16. The Morgan fingerprint density at radius 3 is 2.35 bits per heavy atom. The molecule has 0 bridgehead atoms. The molecule has 1 aromatic rings. The first-order chi connectivity index (χ1) is 18.3. The molecule has 2 N–H and O–H groups in total. The molecule has 40 heavy (non-hydrogen) atoms. The van der Waals surface area contributed by atoms with E-state index in [2.05, 4.69) is 10.2 Å². The van der Waals surface area contributed by atoms with Gasteiger partial charge in [-0.1, -0.05) is 39.0 Å². The third kappa shape index (κ3) is 5.46. The number of anilines is 1. The number of hydrogen-bond donors (Lipinski definition) is 2. The first-order valence-corrected chi connectivity index (χ1v) is 12.4. The highest BCUT2D eigenvalue weighted by Crippen LogP contribution is 2.47. The second-order valence-electron chi connectivity index (χ2n) is 11.4. The fourth-order valence-electron chi connectivity index (χ4n) is 5.05. The number of amides is 4. The summed E-state index contributed by atoms with van der Waals surface area (Å²) in [6.45, 7) is 13.8. The van der Waals surface area contributed by atoms with Crippen molar-refractivity contribution >= 4 is 29.3 Å². The Morgan fingerprint density at radius 2 is 1.80 bits per heavy atom. The maximum Gasteiger partial charge on any atom is 0.463 e. The van der Waals surface area contributed by atoms with Crippen LogP contribution in [-0.2, 0) is 24.6 Å². The number of hydrogen-bond acceptors (Lipinski definition) is 4. The molecule has 2 aliphatic rings. The lowest BCUT2D eigenvalue weighted by atomic mass is 9.80. The molecule has 218 valence electrons. The number of likely N-dealkylation sites (N-methyl/N-ethyl adjacent to an activating group) is 1. The summed E-state index contributed by atoms with van der Waals surface area (Å²) in [4.78, 5) is 57.4. The topological polar surface area (TPSA) is 103 Å². The average Bonchev–Trinajstić information content (AvgIpc) is 3.38. The predicted octanol–water partition coefficient (Wildman–Crippen LogP) is 3.32. The van der Waals surface area contributed by atoms with Crippen molar-refractivity contribution in [3.8, 4) is 0 Å². The number of likely N-dealkylation sites (tertiary alicyclic amines) is 1. The highest BCUT2D eigenvalue weighted by atomic mass is 19.4. The molecular formula is C26H30F5N5O4. The molecule has 1 fully saturated rings. The average molecular weight is 572 g/mol. The maximum atomic E-state index is 13.9. The highest BCUT2D eigenvalue weighted by Gasteiger charge is 2.64. The quantitative estimate of drug-likeness (QED) is 0.404. The predicted molar refractivity (Wildman–Crippen MR) is 133 cm³/mol. The van der Waals surface area contributed by atoms with Gasteiger partial charge in [0.2, 0.25) is 11.8 Å². The van der Waals surface area contributed by atoms with Crippen molar-refractivity contribution in [1.29, 1.82) is 0 Å². The van der Waals surface area contributed by atoms with Gasteiger partial charge in [0.05, 0.1) is 6.42 Å². The third-order valence-electron chi connectivity index (χ3n) is 7.15. The van der Waals surface area contributed by atoms with Crippen molar-refractivity contribution < 1.29 is 41.1 Å². The minimum Gasteiger partial charge on any atom is -0.339 e. The van der Waals surface area contributed by atoms with Crippen LogP contribution in [0.25, 0.3) is 4.85 Å². The van der Waals surface area contributed by atoms with E-state index in [9.17, 15) is 41.1 Å². The smallest absolute Gasteiger partial charge is 0.339 e. The van der Waals surface area contributed by atoms with Crippen molar-refractivity contribution in [1.82, 2.24) is 15.1 Å². The van der Waals surface area contributed by atoms with E-state index < -0.39 is 58.9 Å². The molecule has 4 atom stereocenters. The second kappa shape index (κ2) is 10.3. The molecule has 0 aromatic heterocycles. The first-order valence-electron chi connectivity index (χ1n) is 12.4. The standard InChI is InChI=1S/C26H30F5N5O4/c1-14(33-22(40)25(27,28)26(29,30)31)19(37)35(6)17(11-23(2,3)4)20(38)36-13-24(12-18(36)32-5)15-9-7-8-10-16(15)34-21(24)39/h7-10,14,17-18H,11-13H2,1-4,6H3,(H,33,40)(H,34,39)/t14-,17-,18-,24-/m0/s1. The Morgan fingerprint density at radius 1 is 1.20 bits per heavy atom. The number of para-hydroxylation sites is 1. The van der Waals surface area contributed by atoms with Crippen molar-refractivity contribution in [2.24, 2.45) is 5.41 Å². The van der Waals surface area contributed by atoms with Crippen LogP contribution in [0.15, 0.2) is 24.3 Å². The molecule has 0 unspecified atom stereocenters. The van der Waals surface area contributed by atoms with Gasteiger partial charge in [0.15, 0.2) is 0 Å². The number of carbonyl (C=O) groups excluding carboxylic acids is 4. The largest absolute Gasteiger partial charge is 0.463 e. The Bertz CT molecular complexity index is 1260. The Kier molecular flexibility index (Phi) is 7.95. The van der Waals surface area contributed by atoms with E-state index in [1.54, 1.807) is 45.0 Å². The number of benzene rings is 1. The lowest BCUT2D eigenvalue weighted by Gasteiger charge is -2.36. The van der Waals surface area contributed by atoms with Gasteiger partial charge in [0.25, 0.3) is 5.91 Å². The van der Waals surface area contributed by atoms with E-state index in [0.29, 0.717) is 11.3 Å². The van der Waals surface area contributed by atoms with E-state index >= 15 is 0 Å². The summed E-state index contributed by atoms with van der Waals surface area (Å²) in [6.07, 6.45) is -7.20. The zero-order chi connectivity index (χ0) is 30.4. The fraction of sp³-hybridized carbons (Fsp3) is 0.577. The normalized spacial score (nSPS) is 22.3. The molecule has 9 nitrogen and oxygen atoms in total. The Balaban J connectivity index is 1.89. The van der Waals surface area contributed by atoms with Crippen LogP contribution in [-0.4, -0.2) is 77.4 Å². The van der Waals surface area contributed by atoms with E-state index in [1.165, 1.54) is 10.2 Å². The molecule has 0 saturated carbocycles. The van der Waals surface area contributed by atoms with Crippen LogP contribution >= 0.6 is 0 Å². The lowest BCUT2D eigenvalue weighted by Crippen LogP contribution is -2.58. The molecule has 4 amide bonds. The molecule has 1 aromatic carbocycles. The molecule has 14 heteroatoms. The van der Waals surface area contributed by atoms with Crippen LogP contribution in [0.1, 0.15) is 46.1 Å². The molecule has 1 spiro atoms. The Labute approximate surface area is 227 Å². The lowest BCUT2D eigenvalue weighted by molar-refractivity contribution is -0.270. The zero-order valence-corrected chi connectivity index (χ0v) is 22.5. The van der Waals surface area contributed by atoms with Gasteiger partial charge < -0.3 is 15.5 Å². The van der Waals surface area contributed by atoms with Gasteiger partial charge in [0.1, 0.15) is 17.5 Å². The summed E-state index contributed by atoms with van der Waals surface area (Å²) >= 11 is 0. The van der Waals surface area contributed by atoms with Crippen molar-refractivity contribution in [2.45, 2.75) is 76.3 Å². The van der Waals surface area contributed by atoms with Crippen molar-refractivity contribution in [3.05, 3.63) is 41.2 Å². The van der Waals surface area contributed by atoms with Crippen LogP contribution in [0.3, 0.4) is 0 Å². The van der Waals surface area contributed by atoms with E-state index in [-0.39, 0.29) is 25.3 Å². The van der Waals surface area contributed by atoms with Crippen LogP contribution in [0.5, 0.6) is 0 Å². The van der Waals surface area contributed by atoms with E-state index in [1.807, 2.05) is 0 Å². The molecule has 2 aliphatic heterocycles. The number of alkyl halides is 5. The molecule has 0 radical (unpaired) electrons. The first kappa shape index (κ1) is 30.8. The van der Waals surface area contributed by atoms with Gasteiger partial charge in [-0.3, -0.25) is 28.9 Å². The van der Waals surface area contributed by atoms with E-state index in [0.717, 1.165) is 18.9 Å². The number of fused-ring (bicyclic) bond motifs is 2. The number of halogens is 5. The van der Waals surface area contributed by atoms with Crippen LogP contribution in [0.4, 0.5) is 27.6 Å². The van der Waals surface area contributed by atoms with Crippen molar-refractivity contribution in [2.75, 3.05) is 18.9 Å². The van der Waals surface area contributed by atoms with Gasteiger partial charge in [-0.25, -0.2) is 6.57 Å². The fourth-order valence-corrected chi connectivity index (χ4v) is 5.05. The number of nitrogens with zero attached hydrogens (tertiary/aromatic N) is 3. The monoisotopic (exact) mass is 571 g/mol. The van der Waals surface area contributed by atoms with Crippen molar-refractivity contribution in [3.63, 3.8) is 0 Å². The van der Waals surface area contributed by atoms with Gasteiger partial charge >= 0.3 is 24.2 Å². The zero-order valence-electron chi connectivity index (χ0n) is 22.5. The summed E-state index contributed by atoms with van der Waals surface area (Å²) in [5.41, 5.74) is -0.597.